The summed E-state index contributed by atoms with van der Waals surface area (Å²) in [6.07, 6.45) is 0. The molecule has 0 fully saturated rings. The topological polar surface area (TPSA) is 71.2 Å². The summed E-state index contributed by atoms with van der Waals surface area (Å²) < 4.78 is 5.19. The van der Waals surface area contributed by atoms with Crippen LogP contribution in [0.15, 0.2) is 53.3 Å². The smallest absolute Gasteiger partial charge is 0.251 e. The molecule has 1 unspecified atom stereocenters. The van der Waals surface area contributed by atoms with Gasteiger partial charge in [-0.05, 0) is 54.1 Å². The van der Waals surface area contributed by atoms with Crippen LogP contribution in [0.5, 0.6) is 5.75 Å². The van der Waals surface area contributed by atoms with Crippen LogP contribution in [0.2, 0.25) is 0 Å². The lowest BCUT2D eigenvalue weighted by molar-refractivity contribution is -0.118. The van der Waals surface area contributed by atoms with Gasteiger partial charge >= 0.3 is 0 Å². The van der Waals surface area contributed by atoms with Crippen molar-refractivity contribution in [3.63, 3.8) is 0 Å². The van der Waals surface area contributed by atoms with E-state index in [9.17, 15) is 9.59 Å². The Morgan fingerprint density at radius 3 is 2.41 bits per heavy atom. The van der Waals surface area contributed by atoms with Crippen molar-refractivity contribution in [2.75, 3.05) is 12.4 Å². The normalized spacial score (nSPS) is 12.2. The van der Waals surface area contributed by atoms with Gasteiger partial charge in [0.05, 0.1) is 18.5 Å². The standard InChI is InChI=1S/C22H24N2O3/c1-13(2)20(15-6-9-18(27-4)10-7-15)22(26)23-17-8-5-16-11-14(3)21(25)24-19(16)12-17/h5-13,20H,1-4H3,(H,23,26)(H,24,25). The van der Waals surface area contributed by atoms with E-state index in [0.29, 0.717) is 16.8 Å². The third-order valence-corrected chi connectivity index (χ3v) is 4.72. The molecule has 0 aliphatic heterocycles. The number of hydrogen-bond donors (Lipinski definition) is 2. The zero-order valence-electron chi connectivity index (χ0n) is 16.0. The average Bonchev–Trinajstić information content (AvgIpc) is 2.63. The summed E-state index contributed by atoms with van der Waals surface area (Å²) in [5.74, 6) is 0.518. The maximum absolute atomic E-state index is 13.0. The van der Waals surface area contributed by atoms with Gasteiger partial charge in [-0.15, -0.1) is 0 Å². The number of anilines is 1. The number of H-pyrrole nitrogens is 1. The van der Waals surface area contributed by atoms with Gasteiger partial charge in [0.2, 0.25) is 5.91 Å². The third kappa shape index (κ3) is 4.03. The minimum Gasteiger partial charge on any atom is -0.497 e. The molecule has 27 heavy (non-hydrogen) atoms. The van der Waals surface area contributed by atoms with E-state index in [1.165, 1.54) is 0 Å². The number of carbonyl (C=O) groups excluding carboxylic acids is 1. The fraction of sp³-hybridized carbons (Fsp3) is 0.273. The number of pyridine rings is 1. The van der Waals surface area contributed by atoms with Crippen LogP contribution in [0.25, 0.3) is 10.9 Å². The zero-order chi connectivity index (χ0) is 19.6. The van der Waals surface area contributed by atoms with Gasteiger partial charge in [-0.2, -0.15) is 0 Å². The van der Waals surface area contributed by atoms with Crippen LogP contribution < -0.4 is 15.6 Å². The second-order valence-electron chi connectivity index (χ2n) is 7.07. The fourth-order valence-corrected chi connectivity index (χ4v) is 3.26. The number of fused-ring (bicyclic) bond motifs is 1. The minimum atomic E-state index is -0.288. The lowest BCUT2D eigenvalue weighted by Crippen LogP contribution is -2.25. The first-order valence-electron chi connectivity index (χ1n) is 8.97. The molecule has 3 aromatic rings. The number of carbonyl (C=O) groups is 1. The van der Waals surface area contributed by atoms with Crippen LogP contribution in [-0.4, -0.2) is 18.0 Å². The molecular weight excluding hydrogens is 340 g/mol. The van der Waals surface area contributed by atoms with E-state index in [1.807, 2.05) is 56.3 Å². The van der Waals surface area contributed by atoms with E-state index in [-0.39, 0.29) is 23.3 Å². The predicted octanol–water partition coefficient (Wildman–Crippen LogP) is 4.22. The van der Waals surface area contributed by atoms with E-state index >= 15 is 0 Å². The summed E-state index contributed by atoms with van der Waals surface area (Å²) in [5, 5.41) is 3.92. The molecule has 5 nitrogen and oxygen atoms in total. The van der Waals surface area contributed by atoms with E-state index in [2.05, 4.69) is 10.3 Å². The number of aromatic amines is 1. The van der Waals surface area contributed by atoms with Crippen molar-refractivity contribution in [1.82, 2.24) is 4.98 Å². The summed E-state index contributed by atoms with van der Waals surface area (Å²) in [5.41, 5.74) is 2.84. The first kappa shape index (κ1) is 18.7. The van der Waals surface area contributed by atoms with Crippen molar-refractivity contribution in [1.29, 1.82) is 0 Å². The second kappa shape index (κ2) is 7.66. The van der Waals surface area contributed by atoms with Crippen molar-refractivity contribution < 1.29 is 9.53 Å². The van der Waals surface area contributed by atoms with Gasteiger partial charge < -0.3 is 15.0 Å². The van der Waals surface area contributed by atoms with Crippen LogP contribution in [0.1, 0.15) is 30.9 Å². The zero-order valence-corrected chi connectivity index (χ0v) is 16.0. The van der Waals surface area contributed by atoms with Gasteiger partial charge in [0.15, 0.2) is 0 Å². The van der Waals surface area contributed by atoms with Gasteiger partial charge in [0, 0.05) is 11.3 Å². The summed E-state index contributed by atoms with van der Waals surface area (Å²) >= 11 is 0. The number of amides is 1. The molecule has 3 rings (SSSR count). The van der Waals surface area contributed by atoms with Gasteiger partial charge in [0.25, 0.3) is 5.56 Å². The van der Waals surface area contributed by atoms with Crippen molar-refractivity contribution >= 4 is 22.5 Å². The van der Waals surface area contributed by atoms with E-state index < -0.39 is 0 Å². The van der Waals surface area contributed by atoms with E-state index in [0.717, 1.165) is 16.7 Å². The highest BCUT2D eigenvalue weighted by Gasteiger charge is 2.24. The van der Waals surface area contributed by atoms with Gasteiger partial charge in [-0.25, -0.2) is 0 Å². The van der Waals surface area contributed by atoms with E-state index in [1.54, 1.807) is 20.1 Å². The second-order valence-corrected chi connectivity index (χ2v) is 7.07. The predicted molar refractivity (Wildman–Crippen MR) is 109 cm³/mol. The van der Waals surface area contributed by atoms with E-state index in [4.69, 9.17) is 4.74 Å². The third-order valence-electron chi connectivity index (χ3n) is 4.72. The Labute approximate surface area is 158 Å². The summed E-state index contributed by atoms with van der Waals surface area (Å²) in [7, 11) is 1.62. The highest BCUT2D eigenvalue weighted by atomic mass is 16.5. The SMILES string of the molecule is COc1ccc(C(C(=O)Nc2ccc3cc(C)c(=O)[nH]c3c2)C(C)C)cc1. The summed E-state index contributed by atoms with van der Waals surface area (Å²) in [6, 6.07) is 14.9. The Morgan fingerprint density at radius 2 is 1.78 bits per heavy atom. The van der Waals surface area contributed by atoms with Crippen molar-refractivity contribution in [2.45, 2.75) is 26.7 Å². The monoisotopic (exact) mass is 364 g/mol. The Hall–Kier alpha value is -3.08. The van der Waals surface area contributed by atoms with Crippen LogP contribution in [0.4, 0.5) is 5.69 Å². The number of nitrogens with one attached hydrogen (secondary N) is 2. The fourth-order valence-electron chi connectivity index (χ4n) is 3.26. The molecule has 0 aliphatic rings. The Bertz CT molecular complexity index is 1020. The van der Waals surface area contributed by atoms with Crippen LogP contribution in [0, 0.1) is 12.8 Å². The van der Waals surface area contributed by atoms with Crippen molar-refractivity contribution in [3.8, 4) is 5.75 Å². The summed E-state index contributed by atoms with van der Waals surface area (Å²) in [4.78, 5) is 27.6. The molecule has 1 heterocycles. The first-order valence-corrected chi connectivity index (χ1v) is 8.97. The molecule has 2 N–H and O–H groups in total. The number of aryl methyl sites for hydroxylation is 1. The molecule has 0 spiro atoms. The highest BCUT2D eigenvalue weighted by molar-refractivity contribution is 5.97. The molecule has 140 valence electrons. The molecule has 0 radical (unpaired) electrons. The van der Waals surface area contributed by atoms with Crippen LogP contribution in [0.3, 0.4) is 0 Å². The number of benzene rings is 2. The van der Waals surface area contributed by atoms with Crippen molar-refractivity contribution in [2.24, 2.45) is 5.92 Å². The highest BCUT2D eigenvalue weighted by Crippen LogP contribution is 2.28. The van der Waals surface area contributed by atoms with Gasteiger partial charge in [-0.3, -0.25) is 9.59 Å². The quantitative estimate of drug-likeness (QED) is 0.712. The molecule has 1 amide bonds. The Morgan fingerprint density at radius 1 is 1.07 bits per heavy atom. The van der Waals surface area contributed by atoms with Gasteiger partial charge in [-0.1, -0.05) is 32.0 Å². The van der Waals surface area contributed by atoms with Crippen LogP contribution in [-0.2, 0) is 4.79 Å². The molecule has 0 saturated heterocycles. The lowest BCUT2D eigenvalue weighted by Gasteiger charge is -2.21. The largest absolute Gasteiger partial charge is 0.497 e. The molecule has 0 aliphatic carbocycles. The maximum Gasteiger partial charge on any atom is 0.251 e. The number of ether oxygens (including phenoxy) is 1. The number of aromatic nitrogens is 1. The first-order chi connectivity index (χ1) is 12.9. The Kier molecular flexibility index (Phi) is 5.31. The number of methoxy groups -OCH3 is 1. The molecule has 1 aromatic heterocycles. The number of hydrogen-bond acceptors (Lipinski definition) is 3. The average molecular weight is 364 g/mol. The van der Waals surface area contributed by atoms with Gasteiger partial charge in [0.1, 0.15) is 5.75 Å². The molecule has 2 aromatic carbocycles. The maximum atomic E-state index is 13.0. The molecule has 0 bridgehead atoms. The Balaban J connectivity index is 1.87. The molecule has 5 heteroatoms. The van der Waals surface area contributed by atoms with Crippen LogP contribution >= 0.6 is 0 Å². The molecular formula is C22H24N2O3. The minimum absolute atomic E-state index is 0.0797. The number of rotatable bonds is 5. The van der Waals surface area contributed by atoms with Crippen molar-refractivity contribution in [3.05, 3.63) is 70.0 Å². The molecule has 0 saturated carbocycles. The summed E-state index contributed by atoms with van der Waals surface area (Å²) in [6.45, 7) is 5.82. The molecule has 1 atom stereocenters. The lowest BCUT2D eigenvalue weighted by atomic mass is 9.87.